The third kappa shape index (κ3) is 1.89. The van der Waals surface area contributed by atoms with Crippen LogP contribution in [-0.2, 0) is 4.74 Å². The molecular formula is C14H11NOS. The summed E-state index contributed by atoms with van der Waals surface area (Å²) >= 11 is 5.28. The quantitative estimate of drug-likeness (QED) is 0.772. The predicted molar refractivity (Wildman–Crippen MR) is 72.0 cm³/mol. The van der Waals surface area contributed by atoms with Gasteiger partial charge in [-0.05, 0) is 24.4 Å². The Morgan fingerprint density at radius 3 is 2.47 bits per heavy atom. The zero-order valence-corrected chi connectivity index (χ0v) is 9.91. The van der Waals surface area contributed by atoms with Gasteiger partial charge < -0.3 is 10.1 Å². The number of fused-ring (bicyclic) bond motifs is 1. The highest BCUT2D eigenvalue weighted by Crippen LogP contribution is 2.30. The smallest absolute Gasteiger partial charge is 0.197 e. The molecule has 1 unspecified atom stereocenters. The average molecular weight is 241 g/mol. The van der Waals surface area contributed by atoms with Crippen LogP contribution < -0.4 is 5.32 Å². The second-order valence-corrected chi connectivity index (χ2v) is 4.26. The van der Waals surface area contributed by atoms with E-state index >= 15 is 0 Å². The van der Waals surface area contributed by atoms with E-state index in [1.165, 1.54) is 0 Å². The Hall–Kier alpha value is -1.87. The molecule has 1 aliphatic heterocycles. The van der Waals surface area contributed by atoms with Crippen molar-refractivity contribution in [2.75, 3.05) is 5.32 Å². The first kappa shape index (κ1) is 10.3. The number of anilines is 1. The highest BCUT2D eigenvalue weighted by molar-refractivity contribution is 7.80. The van der Waals surface area contributed by atoms with Gasteiger partial charge in [-0.25, -0.2) is 0 Å². The minimum absolute atomic E-state index is 0.196. The van der Waals surface area contributed by atoms with Crippen molar-refractivity contribution in [1.82, 2.24) is 0 Å². The van der Waals surface area contributed by atoms with Gasteiger partial charge in [-0.2, -0.15) is 0 Å². The molecular weight excluding hydrogens is 230 g/mol. The van der Waals surface area contributed by atoms with Crippen molar-refractivity contribution in [3.63, 3.8) is 0 Å². The molecule has 2 aromatic carbocycles. The Kier molecular flexibility index (Phi) is 2.53. The highest BCUT2D eigenvalue weighted by Gasteiger charge is 2.23. The van der Waals surface area contributed by atoms with Gasteiger partial charge in [0.2, 0.25) is 0 Å². The largest absolute Gasteiger partial charge is 0.455 e. The van der Waals surface area contributed by atoms with Gasteiger partial charge in [0.15, 0.2) is 11.3 Å². The molecule has 0 bridgehead atoms. The molecule has 1 aliphatic rings. The number of thiocarbonyl (C=S) groups is 1. The first-order valence-electron chi connectivity index (χ1n) is 5.46. The van der Waals surface area contributed by atoms with Gasteiger partial charge in [-0.3, -0.25) is 0 Å². The molecule has 3 heteroatoms. The van der Waals surface area contributed by atoms with Crippen molar-refractivity contribution in [1.29, 1.82) is 0 Å². The van der Waals surface area contributed by atoms with Crippen LogP contribution in [0.2, 0.25) is 0 Å². The van der Waals surface area contributed by atoms with Gasteiger partial charge >= 0.3 is 0 Å². The van der Waals surface area contributed by atoms with Crippen LogP contribution in [0.15, 0.2) is 54.6 Å². The van der Waals surface area contributed by atoms with Crippen LogP contribution in [0.5, 0.6) is 0 Å². The molecule has 2 aromatic rings. The third-order valence-corrected chi connectivity index (χ3v) is 3.08. The number of nitrogens with one attached hydrogen (secondary N) is 1. The van der Waals surface area contributed by atoms with Crippen LogP contribution in [0.1, 0.15) is 17.4 Å². The van der Waals surface area contributed by atoms with Gasteiger partial charge in [0.05, 0.1) is 5.56 Å². The number of ether oxygens (including phenoxy) is 1. The maximum atomic E-state index is 5.72. The van der Waals surface area contributed by atoms with E-state index in [2.05, 4.69) is 5.32 Å². The molecule has 0 saturated heterocycles. The summed E-state index contributed by atoms with van der Waals surface area (Å²) < 4.78 is 5.72. The number of para-hydroxylation sites is 1. The minimum Gasteiger partial charge on any atom is -0.455 e. The fraction of sp³-hybridized carbons (Fsp3) is 0.0714. The van der Waals surface area contributed by atoms with E-state index in [9.17, 15) is 0 Å². The monoisotopic (exact) mass is 241 g/mol. The molecule has 2 nitrogen and oxygen atoms in total. The van der Waals surface area contributed by atoms with Crippen LogP contribution in [0.25, 0.3) is 0 Å². The van der Waals surface area contributed by atoms with Crippen molar-refractivity contribution in [2.45, 2.75) is 6.23 Å². The molecule has 0 saturated carbocycles. The van der Waals surface area contributed by atoms with Gasteiger partial charge in [-0.1, -0.05) is 42.5 Å². The Balaban J connectivity index is 1.97. The van der Waals surface area contributed by atoms with Gasteiger partial charge in [-0.15, -0.1) is 0 Å². The summed E-state index contributed by atoms with van der Waals surface area (Å²) in [6.07, 6.45) is -0.196. The van der Waals surface area contributed by atoms with E-state index in [0.29, 0.717) is 5.05 Å². The average Bonchev–Trinajstić information content (AvgIpc) is 2.40. The lowest BCUT2D eigenvalue weighted by Crippen LogP contribution is -2.24. The molecule has 0 aromatic heterocycles. The van der Waals surface area contributed by atoms with Gasteiger partial charge in [0.1, 0.15) is 0 Å². The SMILES string of the molecule is S=C1OC(c2ccccc2)Nc2ccccc21. The molecule has 17 heavy (non-hydrogen) atoms. The molecule has 0 amide bonds. The molecule has 3 rings (SSSR count). The topological polar surface area (TPSA) is 21.3 Å². The maximum absolute atomic E-state index is 5.72. The number of benzene rings is 2. The Morgan fingerprint density at radius 2 is 1.65 bits per heavy atom. The fourth-order valence-electron chi connectivity index (χ4n) is 1.91. The lowest BCUT2D eigenvalue weighted by Gasteiger charge is -2.28. The lowest BCUT2D eigenvalue weighted by atomic mass is 10.1. The number of hydrogen-bond donors (Lipinski definition) is 1. The molecule has 1 heterocycles. The van der Waals surface area contributed by atoms with Crippen LogP contribution >= 0.6 is 12.2 Å². The molecule has 0 spiro atoms. The Bertz CT molecular complexity index is 553. The molecule has 1 atom stereocenters. The summed E-state index contributed by atoms with van der Waals surface area (Å²) in [7, 11) is 0. The summed E-state index contributed by atoms with van der Waals surface area (Å²) in [5.41, 5.74) is 3.05. The van der Waals surface area contributed by atoms with Crippen molar-refractivity contribution in [3.8, 4) is 0 Å². The third-order valence-electron chi connectivity index (χ3n) is 2.76. The van der Waals surface area contributed by atoms with Crippen LogP contribution in [0.3, 0.4) is 0 Å². The zero-order chi connectivity index (χ0) is 11.7. The summed E-state index contributed by atoms with van der Waals surface area (Å²) in [4.78, 5) is 0. The van der Waals surface area contributed by atoms with Gasteiger partial charge in [0, 0.05) is 11.3 Å². The normalized spacial score (nSPS) is 17.9. The van der Waals surface area contributed by atoms with E-state index < -0.39 is 0 Å². The van der Waals surface area contributed by atoms with Gasteiger partial charge in [0.25, 0.3) is 0 Å². The summed E-state index contributed by atoms with van der Waals surface area (Å²) in [6, 6.07) is 17.9. The Labute approximate surface area is 105 Å². The first-order valence-corrected chi connectivity index (χ1v) is 5.87. The minimum atomic E-state index is -0.196. The van der Waals surface area contributed by atoms with Crippen LogP contribution in [0.4, 0.5) is 5.69 Å². The predicted octanol–water partition coefficient (Wildman–Crippen LogP) is 3.50. The van der Waals surface area contributed by atoms with E-state index in [4.69, 9.17) is 17.0 Å². The van der Waals surface area contributed by atoms with Crippen LogP contribution in [0, 0.1) is 0 Å². The molecule has 0 radical (unpaired) electrons. The fourth-order valence-corrected chi connectivity index (χ4v) is 2.18. The Morgan fingerprint density at radius 1 is 0.941 bits per heavy atom. The standard InChI is InChI=1S/C14H11NOS/c17-14-11-8-4-5-9-12(11)15-13(16-14)10-6-2-1-3-7-10/h1-9,13,15H. The molecule has 0 fully saturated rings. The van der Waals surface area contributed by atoms with E-state index in [1.807, 2.05) is 54.6 Å². The van der Waals surface area contributed by atoms with Crippen molar-refractivity contribution in [2.24, 2.45) is 0 Å². The summed E-state index contributed by atoms with van der Waals surface area (Å²) in [6.45, 7) is 0. The maximum Gasteiger partial charge on any atom is 0.197 e. The zero-order valence-electron chi connectivity index (χ0n) is 9.09. The molecule has 0 aliphatic carbocycles. The second kappa shape index (κ2) is 4.18. The van der Waals surface area contributed by atoms with E-state index in [-0.39, 0.29) is 6.23 Å². The van der Waals surface area contributed by atoms with Crippen molar-refractivity contribution in [3.05, 3.63) is 65.7 Å². The van der Waals surface area contributed by atoms with Crippen molar-refractivity contribution < 1.29 is 4.74 Å². The molecule has 84 valence electrons. The first-order chi connectivity index (χ1) is 8.34. The second-order valence-electron chi connectivity index (χ2n) is 3.89. The number of rotatable bonds is 1. The lowest BCUT2D eigenvalue weighted by molar-refractivity contribution is 0.223. The summed E-state index contributed by atoms with van der Waals surface area (Å²) in [5.74, 6) is 0. The van der Waals surface area contributed by atoms with E-state index in [1.54, 1.807) is 0 Å². The highest BCUT2D eigenvalue weighted by atomic mass is 32.1. The van der Waals surface area contributed by atoms with E-state index in [0.717, 1.165) is 16.8 Å². The van der Waals surface area contributed by atoms with Crippen molar-refractivity contribution >= 4 is 23.0 Å². The molecule has 1 N–H and O–H groups in total. The van der Waals surface area contributed by atoms with Crippen LogP contribution in [-0.4, -0.2) is 5.05 Å². The summed E-state index contributed by atoms with van der Waals surface area (Å²) in [5, 5.41) is 3.88. The number of hydrogen-bond acceptors (Lipinski definition) is 3.